The lowest BCUT2D eigenvalue weighted by molar-refractivity contribution is -0.141. The predicted octanol–water partition coefficient (Wildman–Crippen LogP) is 0.963. The third-order valence-electron chi connectivity index (χ3n) is 2.45. The maximum absolute atomic E-state index is 11.9. The summed E-state index contributed by atoms with van der Waals surface area (Å²) < 4.78 is 0. The van der Waals surface area contributed by atoms with Crippen LogP contribution in [0.1, 0.15) is 19.3 Å². The van der Waals surface area contributed by atoms with Crippen molar-refractivity contribution in [2.75, 3.05) is 0 Å². The van der Waals surface area contributed by atoms with E-state index in [1.807, 2.05) is 12.2 Å². The zero-order valence-electron chi connectivity index (χ0n) is 8.89. The summed E-state index contributed by atoms with van der Waals surface area (Å²) in [5, 5.41) is 0. The zero-order valence-corrected chi connectivity index (χ0v) is 8.89. The summed E-state index contributed by atoms with van der Waals surface area (Å²) in [6, 6.07) is -1.05. The number of carbonyl (C=O) groups is 3. The molecule has 1 aliphatic rings. The first-order chi connectivity index (χ1) is 7.57. The number of nitrogens with zero attached hydrogens (tertiary/aromatic N) is 1. The quantitative estimate of drug-likeness (QED) is 0.558. The predicted molar refractivity (Wildman–Crippen MR) is 58.1 cm³/mol. The number of hydrogen-bond donors (Lipinski definition) is 1. The van der Waals surface area contributed by atoms with E-state index in [1.54, 1.807) is 0 Å². The number of imide groups is 3. The van der Waals surface area contributed by atoms with E-state index in [1.165, 1.54) is 0 Å². The summed E-state index contributed by atoms with van der Waals surface area (Å²) in [4.78, 5) is 34.6. The van der Waals surface area contributed by atoms with Crippen LogP contribution in [-0.2, 0) is 9.59 Å². The Morgan fingerprint density at radius 1 is 1.38 bits per heavy atom. The lowest BCUT2D eigenvalue weighted by atomic mass is 9.93. The molecule has 4 amide bonds. The number of urea groups is 1. The molecule has 2 N–H and O–H groups in total. The summed E-state index contributed by atoms with van der Waals surface area (Å²) in [7, 11) is 0. The van der Waals surface area contributed by atoms with E-state index in [0.717, 1.165) is 12.5 Å². The van der Waals surface area contributed by atoms with E-state index in [4.69, 9.17) is 5.73 Å². The number of primary amides is 1. The fourth-order valence-corrected chi connectivity index (χ4v) is 1.62. The molecule has 0 heterocycles. The molecule has 0 aromatic carbocycles. The molecular weight excluding hydrogens is 208 g/mol. The van der Waals surface area contributed by atoms with Crippen molar-refractivity contribution in [1.82, 2.24) is 4.90 Å². The number of nitrogens with two attached hydrogens (primary N) is 1. The topological polar surface area (TPSA) is 80.5 Å². The highest BCUT2D eigenvalue weighted by atomic mass is 16.2. The van der Waals surface area contributed by atoms with Crippen molar-refractivity contribution in [2.24, 2.45) is 11.7 Å². The summed E-state index contributed by atoms with van der Waals surface area (Å²) >= 11 is 0. The summed E-state index contributed by atoms with van der Waals surface area (Å²) in [5.74, 6) is -1.66. The van der Waals surface area contributed by atoms with Gasteiger partial charge in [0, 0.05) is 5.92 Å². The van der Waals surface area contributed by atoms with E-state index >= 15 is 0 Å². The van der Waals surface area contributed by atoms with Gasteiger partial charge in [0.25, 0.3) is 5.91 Å². The van der Waals surface area contributed by atoms with Crippen LogP contribution in [-0.4, -0.2) is 22.7 Å². The van der Waals surface area contributed by atoms with Crippen LogP contribution in [0.4, 0.5) is 4.79 Å². The van der Waals surface area contributed by atoms with Gasteiger partial charge in [0.15, 0.2) is 0 Å². The van der Waals surface area contributed by atoms with Gasteiger partial charge in [-0.15, -0.1) is 0 Å². The van der Waals surface area contributed by atoms with Crippen LogP contribution in [0.3, 0.4) is 0 Å². The van der Waals surface area contributed by atoms with Crippen molar-refractivity contribution in [3.05, 3.63) is 24.8 Å². The van der Waals surface area contributed by atoms with Crippen LogP contribution in [0.15, 0.2) is 24.8 Å². The second-order valence-electron chi connectivity index (χ2n) is 3.54. The first-order valence-corrected chi connectivity index (χ1v) is 5.02. The first kappa shape index (κ1) is 12.2. The van der Waals surface area contributed by atoms with Crippen LogP contribution >= 0.6 is 0 Å². The molecular formula is C11H14N2O3. The number of hydrogen-bond acceptors (Lipinski definition) is 3. The number of carbonyl (C=O) groups excluding carboxylic acids is 3. The molecule has 0 fully saturated rings. The zero-order chi connectivity index (χ0) is 12.1. The van der Waals surface area contributed by atoms with Gasteiger partial charge in [-0.3, -0.25) is 9.59 Å². The van der Waals surface area contributed by atoms with Crippen LogP contribution in [0.5, 0.6) is 0 Å². The SMILES string of the molecule is C=CC(=O)N(C(N)=O)C(=O)C1CC=CCC1. The third kappa shape index (κ3) is 2.56. The van der Waals surface area contributed by atoms with E-state index in [-0.39, 0.29) is 5.92 Å². The normalized spacial score (nSPS) is 18.9. The molecule has 1 rings (SSSR count). The molecule has 0 aliphatic heterocycles. The highest BCUT2D eigenvalue weighted by Gasteiger charge is 2.30. The fraction of sp³-hybridized carbons (Fsp3) is 0.364. The Balaban J connectivity index is 2.82. The second kappa shape index (κ2) is 5.25. The Labute approximate surface area is 93.6 Å². The molecule has 0 radical (unpaired) electrons. The lowest BCUT2D eigenvalue weighted by Gasteiger charge is -2.22. The van der Waals surface area contributed by atoms with Crippen molar-refractivity contribution < 1.29 is 14.4 Å². The molecule has 0 saturated carbocycles. The Kier molecular flexibility index (Phi) is 3.99. The molecule has 5 heteroatoms. The van der Waals surface area contributed by atoms with Gasteiger partial charge in [-0.25, -0.2) is 4.79 Å². The maximum atomic E-state index is 11.9. The number of allylic oxidation sites excluding steroid dienone is 2. The first-order valence-electron chi connectivity index (χ1n) is 5.02. The molecule has 1 atom stereocenters. The molecule has 1 aliphatic carbocycles. The van der Waals surface area contributed by atoms with Crippen LogP contribution in [0, 0.1) is 5.92 Å². The highest BCUT2D eigenvalue weighted by molar-refractivity contribution is 6.13. The average molecular weight is 222 g/mol. The van der Waals surface area contributed by atoms with Crippen molar-refractivity contribution in [3.8, 4) is 0 Å². The minimum atomic E-state index is -1.05. The fourth-order valence-electron chi connectivity index (χ4n) is 1.62. The third-order valence-corrected chi connectivity index (χ3v) is 2.45. The Hall–Kier alpha value is -1.91. The van der Waals surface area contributed by atoms with Gasteiger partial charge in [-0.05, 0) is 25.3 Å². The molecule has 5 nitrogen and oxygen atoms in total. The summed E-state index contributed by atoms with van der Waals surface area (Å²) in [6.45, 7) is 3.23. The molecule has 0 aromatic rings. The number of amides is 4. The van der Waals surface area contributed by atoms with Crippen LogP contribution < -0.4 is 5.73 Å². The van der Waals surface area contributed by atoms with Gasteiger partial charge in [0.1, 0.15) is 0 Å². The lowest BCUT2D eigenvalue weighted by Crippen LogP contribution is -2.47. The van der Waals surface area contributed by atoms with E-state index < -0.39 is 17.8 Å². The van der Waals surface area contributed by atoms with Gasteiger partial charge >= 0.3 is 6.03 Å². The second-order valence-corrected chi connectivity index (χ2v) is 3.54. The molecule has 86 valence electrons. The van der Waals surface area contributed by atoms with Crippen LogP contribution in [0.2, 0.25) is 0 Å². The van der Waals surface area contributed by atoms with Crippen molar-refractivity contribution in [1.29, 1.82) is 0 Å². The van der Waals surface area contributed by atoms with Gasteiger partial charge in [-0.1, -0.05) is 18.7 Å². The molecule has 0 spiro atoms. The minimum absolute atomic E-state index is 0.346. The largest absolute Gasteiger partial charge is 0.351 e. The van der Waals surface area contributed by atoms with E-state index in [0.29, 0.717) is 17.7 Å². The monoisotopic (exact) mass is 222 g/mol. The van der Waals surface area contributed by atoms with Crippen molar-refractivity contribution in [2.45, 2.75) is 19.3 Å². The van der Waals surface area contributed by atoms with Crippen molar-refractivity contribution in [3.63, 3.8) is 0 Å². The van der Waals surface area contributed by atoms with Gasteiger partial charge in [0.05, 0.1) is 0 Å². The minimum Gasteiger partial charge on any atom is -0.351 e. The van der Waals surface area contributed by atoms with E-state index in [9.17, 15) is 14.4 Å². The smallest absolute Gasteiger partial charge is 0.328 e. The Morgan fingerprint density at radius 3 is 2.50 bits per heavy atom. The average Bonchev–Trinajstić information content (AvgIpc) is 2.29. The number of rotatable bonds is 2. The standard InChI is InChI=1S/C11H14N2O3/c1-2-9(14)13(11(12)16)10(15)8-6-4-3-5-7-8/h2-4,8H,1,5-7H2,(H2,12,16). The molecule has 0 bridgehead atoms. The summed E-state index contributed by atoms with van der Waals surface area (Å²) in [6.07, 6.45) is 6.67. The maximum Gasteiger partial charge on any atom is 0.328 e. The molecule has 1 unspecified atom stereocenters. The van der Waals surface area contributed by atoms with Gasteiger partial charge in [-0.2, -0.15) is 4.90 Å². The van der Waals surface area contributed by atoms with E-state index in [2.05, 4.69) is 6.58 Å². The summed E-state index contributed by atoms with van der Waals surface area (Å²) in [5.41, 5.74) is 5.00. The molecule has 0 saturated heterocycles. The Bertz CT molecular complexity index is 360. The Morgan fingerprint density at radius 2 is 2.06 bits per heavy atom. The highest BCUT2D eigenvalue weighted by Crippen LogP contribution is 2.20. The van der Waals surface area contributed by atoms with Gasteiger partial charge in [0.2, 0.25) is 5.91 Å². The van der Waals surface area contributed by atoms with Crippen molar-refractivity contribution >= 4 is 17.8 Å². The molecule has 16 heavy (non-hydrogen) atoms. The molecule has 0 aromatic heterocycles. The van der Waals surface area contributed by atoms with Crippen LogP contribution in [0.25, 0.3) is 0 Å². The van der Waals surface area contributed by atoms with Gasteiger partial charge < -0.3 is 5.73 Å².